The summed E-state index contributed by atoms with van der Waals surface area (Å²) in [7, 11) is 0. The van der Waals surface area contributed by atoms with Gasteiger partial charge >= 0.3 is 24.3 Å². The van der Waals surface area contributed by atoms with Crippen molar-refractivity contribution in [3.63, 3.8) is 0 Å². The molecule has 2 aromatic carbocycles. The van der Waals surface area contributed by atoms with E-state index in [1.807, 2.05) is 24.3 Å². The molecule has 1 atom stereocenters. The molecule has 4 aliphatic heterocycles. The van der Waals surface area contributed by atoms with E-state index in [1.54, 1.807) is 21.6 Å². The second kappa shape index (κ2) is 18.9. The predicted octanol–water partition coefficient (Wildman–Crippen LogP) is 5.02. The molecular formula is C40H51ClF3N7O7. The van der Waals surface area contributed by atoms with E-state index in [9.17, 15) is 37.1 Å². The normalized spacial score (nSPS) is 19.2. The molecule has 0 spiro atoms. The summed E-state index contributed by atoms with van der Waals surface area (Å²) in [6.45, 7) is 5.73. The number of amides is 5. The number of urea groups is 1. The van der Waals surface area contributed by atoms with Gasteiger partial charge in [0.1, 0.15) is 0 Å². The van der Waals surface area contributed by atoms with Gasteiger partial charge in [0.25, 0.3) is 5.91 Å². The number of carbonyl (C=O) groups excluding carboxylic acids is 5. The molecule has 3 N–H and O–H groups in total. The van der Waals surface area contributed by atoms with E-state index in [-0.39, 0.29) is 73.6 Å². The zero-order valence-corrected chi connectivity index (χ0v) is 33.4. The number of esters is 1. The molecule has 3 fully saturated rings. The summed E-state index contributed by atoms with van der Waals surface area (Å²) in [5, 5.41) is 2.65. The van der Waals surface area contributed by atoms with Crippen molar-refractivity contribution in [1.82, 2.24) is 24.5 Å². The number of ether oxygens (including phenoxy) is 2. The van der Waals surface area contributed by atoms with Crippen molar-refractivity contribution in [2.24, 2.45) is 0 Å². The number of nitrogen functional groups attached to an aromatic ring is 1. The number of likely N-dealkylation sites (tertiary alicyclic amines) is 2. The molecule has 1 unspecified atom stereocenters. The largest absolute Gasteiger partial charge is 0.466 e. The SMILES string of the molecule is CCOC(=O)CCC(=O)N1CCC(N2CCN(C(=O)C(Cc3cc(Cl)c(N)c(C(F)(F)F)c3)OC(=O)N3CCC(N4CCc5ccccc5NC4=O)CC3)CC2)CC1. The van der Waals surface area contributed by atoms with E-state index in [2.05, 4.69) is 10.2 Å². The number of fused-ring (bicyclic) bond motifs is 1. The highest BCUT2D eigenvalue weighted by molar-refractivity contribution is 6.33. The number of halogens is 4. The monoisotopic (exact) mass is 833 g/mol. The van der Waals surface area contributed by atoms with E-state index < -0.39 is 41.5 Å². The van der Waals surface area contributed by atoms with Gasteiger partial charge in [-0.1, -0.05) is 29.8 Å². The van der Waals surface area contributed by atoms with E-state index in [0.717, 1.165) is 30.2 Å². The molecule has 0 aromatic heterocycles. The number of nitrogens with two attached hydrogens (primary N) is 1. The number of rotatable bonds is 10. The minimum atomic E-state index is -4.81. The molecule has 4 heterocycles. The zero-order chi connectivity index (χ0) is 41.6. The van der Waals surface area contributed by atoms with Gasteiger partial charge < -0.3 is 40.1 Å². The summed E-state index contributed by atoms with van der Waals surface area (Å²) >= 11 is 6.13. The van der Waals surface area contributed by atoms with Gasteiger partial charge in [0.2, 0.25) is 5.91 Å². The molecule has 6 rings (SSSR count). The Morgan fingerprint density at radius 1 is 0.879 bits per heavy atom. The molecule has 0 aliphatic carbocycles. The van der Waals surface area contributed by atoms with Gasteiger partial charge in [0, 0.05) is 89.5 Å². The van der Waals surface area contributed by atoms with Gasteiger partial charge in [-0.2, -0.15) is 13.2 Å². The number of piperazine rings is 1. The summed E-state index contributed by atoms with van der Waals surface area (Å²) in [5.74, 6) is -1.02. The van der Waals surface area contributed by atoms with Crippen molar-refractivity contribution in [3.05, 3.63) is 58.1 Å². The Balaban J connectivity index is 1.07. The second-order valence-electron chi connectivity index (χ2n) is 15.1. The highest BCUT2D eigenvalue weighted by Gasteiger charge is 2.38. The first kappa shape index (κ1) is 42.8. The number of carbonyl (C=O) groups is 5. The Labute approximate surface area is 340 Å². The zero-order valence-electron chi connectivity index (χ0n) is 32.6. The van der Waals surface area contributed by atoms with Crippen molar-refractivity contribution in [2.45, 2.75) is 82.7 Å². The number of nitrogens with zero attached hydrogens (tertiary/aromatic N) is 5. The number of hydrogen-bond acceptors (Lipinski definition) is 9. The van der Waals surface area contributed by atoms with Crippen molar-refractivity contribution in [3.8, 4) is 0 Å². The van der Waals surface area contributed by atoms with Crippen LogP contribution in [-0.2, 0) is 42.9 Å². The molecule has 14 nitrogen and oxygen atoms in total. The number of nitrogens with one attached hydrogen (secondary N) is 1. The minimum absolute atomic E-state index is 0.0340. The Hall–Kier alpha value is -4.77. The molecule has 0 bridgehead atoms. The molecule has 0 saturated carbocycles. The third kappa shape index (κ3) is 10.4. The molecular weight excluding hydrogens is 783 g/mol. The Morgan fingerprint density at radius 2 is 1.53 bits per heavy atom. The van der Waals surface area contributed by atoms with Crippen LogP contribution in [0.4, 0.5) is 34.1 Å². The van der Waals surface area contributed by atoms with Crippen LogP contribution in [0.1, 0.15) is 62.1 Å². The van der Waals surface area contributed by atoms with E-state index in [1.165, 1.54) is 11.0 Å². The summed E-state index contributed by atoms with van der Waals surface area (Å²) in [6.07, 6.45) is -4.16. The first-order valence-corrected chi connectivity index (χ1v) is 20.3. The summed E-state index contributed by atoms with van der Waals surface area (Å²) in [6, 6.07) is 9.56. The highest BCUT2D eigenvalue weighted by atomic mass is 35.5. The first-order chi connectivity index (χ1) is 27.7. The number of benzene rings is 2. The molecule has 316 valence electrons. The van der Waals surface area contributed by atoms with Gasteiger partial charge in [0.15, 0.2) is 6.10 Å². The number of hydrogen-bond donors (Lipinski definition) is 2. The fraction of sp³-hybridized carbons (Fsp3) is 0.575. The maximum atomic E-state index is 14.1. The second-order valence-corrected chi connectivity index (χ2v) is 15.5. The van der Waals surface area contributed by atoms with Crippen LogP contribution in [0.5, 0.6) is 0 Å². The van der Waals surface area contributed by atoms with Gasteiger partial charge in [-0.05, 0) is 68.4 Å². The lowest BCUT2D eigenvalue weighted by Gasteiger charge is -2.43. The Morgan fingerprint density at radius 3 is 2.21 bits per heavy atom. The van der Waals surface area contributed by atoms with E-state index in [4.69, 9.17) is 26.8 Å². The summed E-state index contributed by atoms with van der Waals surface area (Å²) in [4.78, 5) is 74.1. The van der Waals surface area contributed by atoms with Crippen LogP contribution in [0.3, 0.4) is 0 Å². The van der Waals surface area contributed by atoms with Crippen LogP contribution in [0, 0.1) is 0 Å². The lowest BCUT2D eigenvalue weighted by molar-refractivity contribution is -0.146. The average Bonchev–Trinajstić information content (AvgIpc) is 3.38. The van der Waals surface area contributed by atoms with Crippen LogP contribution in [0.2, 0.25) is 5.02 Å². The summed E-state index contributed by atoms with van der Waals surface area (Å²) < 4.78 is 52.5. The van der Waals surface area contributed by atoms with Crippen molar-refractivity contribution < 1.29 is 46.6 Å². The van der Waals surface area contributed by atoms with Crippen molar-refractivity contribution in [2.75, 3.05) is 76.6 Å². The smallest absolute Gasteiger partial charge is 0.418 e. The Kier molecular flexibility index (Phi) is 13.9. The maximum Gasteiger partial charge on any atom is 0.418 e. The molecule has 2 aromatic rings. The third-order valence-corrected chi connectivity index (χ3v) is 11.9. The fourth-order valence-electron chi connectivity index (χ4n) is 8.31. The third-order valence-electron chi connectivity index (χ3n) is 11.5. The lowest BCUT2D eigenvalue weighted by Crippen LogP contribution is -2.57. The summed E-state index contributed by atoms with van der Waals surface area (Å²) in [5.41, 5.74) is 5.74. The number of anilines is 2. The standard InChI is InChI=1S/C40H51ClF3N7O7/c1-2-57-35(53)8-7-34(52)48-14-10-28(11-15-48)47-19-21-49(22-20-47)37(54)33(25-26-23-30(40(42,43)44)36(45)31(41)24-26)58-39(56)50-16-12-29(13-17-50)51-18-9-27-5-3-4-6-32(27)46-38(51)55/h3-6,23-24,28-29,33H,2,7-22,25,45H2,1H3,(H,46,55). The molecule has 58 heavy (non-hydrogen) atoms. The maximum absolute atomic E-state index is 14.1. The molecule has 5 amide bonds. The molecule has 0 radical (unpaired) electrons. The highest BCUT2D eigenvalue weighted by Crippen LogP contribution is 2.38. The van der Waals surface area contributed by atoms with Crippen LogP contribution in [0.25, 0.3) is 0 Å². The molecule has 3 saturated heterocycles. The quantitative estimate of drug-likeness (QED) is 0.248. The molecule has 18 heteroatoms. The minimum Gasteiger partial charge on any atom is -0.466 e. The fourth-order valence-corrected chi connectivity index (χ4v) is 8.55. The van der Waals surface area contributed by atoms with Crippen LogP contribution in [0.15, 0.2) is 36.4 Å². The predicted molar refractivity (Wildman–Crippen MR) is 209 cm³/mol. The number of alkyl halides is 3. The van der Waals surface area contributed by atoms with Gasteiger partial charge in [-0.15, -0.1) is 0 Å². The van der Waals surface area contributed by atoms with E-state index in [0.29, 0.717) is 65.1 Å². The van der Waals surface area contributed by atoms with Crippen LogP contribution in [-0.4, -0.2) is 138 Å². The lowest BCUT2D eigenvalue weighted by atomic mass is 10.0. The van der Waals surface area contributed by atoms with Gasteiger partial charge in [-0.3, -0.25) is 19.3 Å². The molecule has 4 aliphatic rings. The van der Waals surface area contributed by atoms with Crippen LogP contribution < -0.4 is 11.1 Å². The average molecular weight is 834 g/mol. The van der Waals surface area contributed by atoms with Gasteiger partial charge in [0.05, 0.1) is 29.3 Å². The first-order valence-electron chi connectivity index (χ1n) is 19.9. The Bertz CT molecular complexity index is 1830. The topological polar surface area (TPSA) is 158 Å². The van der Waals surface area contributed by atoms with Crippen LogP contribution >= 0.6 is 11.6 Å². The van der Waals surface area contributed by atoms with Crippen molar-refractivity contribution in [1.29, 1.82) is 0 Å². The van der Waals surface area contributed by atoms with Gasteiger partial charge in [-0.25, -0.2) is 9.59 Å². The number of para-hydroxylation sites is 1. The van der Waals surface area contributed by atoms with E-state index >= 15 is 0 Å². The van der Waals surface area contributed by atoms with Crippen molar-refractivity contribution >= 4 is 52.9 Å². The number of piperidine rings is 2.